The van der Waals surface area contributed by atoms with Crippen LogP contribution in [0.4, 0.5) is 0 Å². The molecule has 1 unspecified atom stereocenters. The number of quaternary nitrogens is 1. The number of nitrogens with zero attached hydrogens (tertiary/aromatic N) is 1. The van der Waals surface area contributed by atoms with Crippen LogP contribution in [0.3, 0.4) is 0 Å². The van der Waals surface area contributed by atoms with Crippen molar-refractivity contribution in [3.05, 3.63) is 0 Å². The molecule has 2 nitrogen and oxygen atoms in total. The van der Waals surface area contributed by atoms with E-state index in [-0.39, 0.29) is 0 Å². The van der Waals surface area contributed by atoms with Crippen LogP contribution in [0.15, 0.2) is 0 Å². The smallest absolute Gasteiger partial charge is 0.0988 e. The Balaban J connectivity index is 2.61. The number of nitrogens with one attached hydrogen (secondary N) is 1. The van der Waals surface area contributed by atoms with E-state index in [9.17, 15) is 0 Å². The molecule has 0 amide bonds. The molecule has 1 atom stereocenters. The van der Waals surface area contributed by atoms with Crippen molar-refractivity contribution in [3.8, 4) is 0 Å². The van der Waals surface area contributed by atoms with E-state index in [0.29, 0.717) is 0 Å². The summed E-state index contributed by atoms with van der Waals surface area (Å²) in [5, 5.41) is 3.44. The lowest BCUT2D eigenvalue weighted by molar-refractivity contribution is -0.948. The molecule has 1 aliphatic heterocycles. The van der Waals surface area contributed by atoms with Crippen molar-refractivity contribution in [2.24, 2.45) is 0 Å². The van der Waals surface area contributed by atoms with Gasteiger partial charge in [-0.25, -0.2) is 0 Å². The highest BCUT2D eigenvalue weighted by molar-refractivity contribution is 4.64. The van der Waals surface area contributed by atoms with Gasteiger partial charge in [0, 0.05) is 13.1 Å². The molecule has 1 aliphatic rings. The van der Waals surface area contributed by atoms with Crippen molar-refractivity contribution in [2.75, 3.05) is 32.7 Å². The van der Waals surface area contributed by atoms with E-state index in [1.54, 1.807) is 0 Å². The van der Waals surface area contributed by atoms with Crippen molar-refractivity contribution in [1.82, 2.24) is 5.32 Å². The number of hydrogen-bond acceptors (Lipinski definition) is 1. The van der Waals surface area contributed by atoms with Gasteiger partial charge in [-0.1, -0.05) is 0 Å². The first-order valence-corrected chi connectivity index (χ1v) is 4.81. The summed E-state index contributed by atoms with van der Waals surface area (Å²) in [7, 11) is 0. The average molecular weight is 157 g/mol. The Kier molecular flexibility index (Phi) is 2.90. The van der Waals surface area contributed by atoms with Gasteiger partial charge in [0.05, 0.1) is 25.7 Å². The second-order valence-corrected chi connectivity index (χ2v) is 3.63. The Morgan fingerprint density at radius 2 is 2.00 bits per heavy atom. The summed E-state index contributed by atoms with van der Waals surface area (Å²) in [6.45, 7) is 13.3. The van der Waals surface area contributed by atoms with Crippen molar-refractivity contribution < 1.29 is 4.48 Å². The van der Waals surface area contributed by atoms with Crippen molar-refractivity contribution in [1.29, 1.82) is 0 Å². The fourth-order valence-corrected chi connectivity index (χ4v) is 2.19. The van der Waals surface area contributed by atoms with Gasteiger partial charge in [-0.3, -0.25) is 0 Å². The summed E-state index contributed by atoms with van der Waals surface area (Å²) in [5.74, 6) is 0. The first kappa shape index (κ1) is 9.01. The molecule has 0 radical (unpaired) electrons. The second-order valence-electron chi connectivity index (χ2n) is 3.63. The molecule has 0 aliphatic carbocycles. The molecule has 0 spiro atoms. The largest absolute Gasteiger partial charge is 0.320 e. The highest BCUT2D eigenvalue weighted by Gasteiger charge is 2.32. The van der Waals surface area contributed by atoms with Gasteiger partial charge in [0.1, 0.15) is 0 Å². The lowest BCUT2D eigenvalue weighted by Crippen LogP contribution is -2.63. The van der Waals surface area contributed by atoms with Crippen LogP contribution in [0.1, 0.15) is 20.8 Å². The molecule has 1 heterocycles. The Labute approximate surface area is 70.2 Å². The summed E-state index contributed by atoms with van der Waals surface area (Å²) in [6.07, 6.45) is 0. The summed E-state index contributed by atoms with van der Waals surface area (Å²) in [6, 6.07) is 0.804. The molecule has 11 heavy (non-hydrogen) atoms. The third-order valence-electron chi connectivity index (χ3n) is 3.37. The van der Waals surface area contributed by atoms with Gasteiger partial charge >= 0.3 is 0 Å². The lowest BCUT2D eigenvalue weighted by Gasteiger charge is -2.45. The van der Waals surface area contributed by atoms with Crippen LogP contribution in [0.2, 0.25) is 0 Å². The van der Waals surface area contributed by atoms with Gasteiger partial charge in [-0.2, -0.15) is 0 Å². The number of likely N-dealkylation sites (N-methyl/N-ethyl adjacent to an activating group) is 1. The maximum Gasteiger partial charge on any atom is 0.0988 e. The fraction of sp³-hybridized carbons (Fsp3) is 1.00. The first-order chi connectivity index (χ1) is 5.25. The topological polar surface area (TPSA) is 12.0 Å². The minimum Gasteiger partial charge on any atom is -0.320 e. The normalized spacial score (nSPS) is 30.3. The molecule has 0 aromatic rings. The summed E-state index contributed by atoms with van der Waals surface area (Å²) < 4.78 is 1.31. The van der Waals surface area contributed by atoms with Gasteiger partial charge in [-0.15, -0.1) is 0 Å². The molecular weight excluding hydrogens is 136 g/mol. The van der Waals surface area contributed by atoms with E-state index in [1.165, 1.54) is 37.2 Å². The van der Waals surface area contributed by atoms with E-state index < -0.39 is 0 Å². The molecule has 1 rings (SSSR count). The van der Waals surface area contributed by atoms with Gasteiger partial charge in [0.25, 0.3) is 0 Å². The second kappa shape index (κ2) is 3.55. The van der Waals surface area contributed by atoms with Crippen LogP contribution in [0.5, 0.6) is 0 Å². The highest BCUT2D eigenvalue weighted by atomic mass is 15.4. The molecule has 0 aromatic heterocycles. The van der Waals surface area contributed by atoms with Crippen molar-refractivity contribution in [2.45, 2.75) is 26.8 Å². The van der Waals surface area contributed by atoms with Crippen molar-refractivity contribution >= 4 is 0 Å². The molecule has 1 N–H and O–H groups in total. The minimum absolute atomic E-state index is 0.804. The first-order valence-electron chi connectivity index (χ1n) is 4.81. The predicted octanol–water partition coefficient (Wildman–Crippen LogP) is 0.835. The number of hydrogen-bond donors (Lipinski definition) is 1. The maximum atomic E-state index is 3.44. The Morgan fingerprint density at radius 3 is 2.36 bits per heavy atom. The SMILES string of the molecule is CC[N+]1(CC)CCNCC1C. The van der Waals surface area contributed by atoms with E-state index in [4.69, 9.17) is 0 Å². The van der Waals surface area contributed by atoms with Crippen LogP contribution in [0, 0.1) is 0 Å². The summed E-state index contributed by atoms with van der Waals surface area (Å²) in [5.41, 5.74) is 0. The van der Waals surface area contributed by atoms with E-state index in [0.717, 1.165) is 6.04 Å². The summed E-state index contributed by atoms with van der Waals surface area (Å²) >= 11 is 0. The van der Waals surface area contributed by atoms with Crippen LogP contribution >= 0.6 is 0 Å². The Bertz CT molecular complexity index is 119. The molecule has 66 valence electrons. The molecule has 0 saturated carbocycles. The monoisotopic (exact) mass is 157 g/mol. The fourth-order valence-electron chi connectivity index (χ4n) is 2.19. The van der Waals surface area contributed by atoms with E-state index in [1.807, 2.05) is 0 Å². The summed E-state index contributed by atoms with van der Waals surface area (Å²) in [4.78, 5) is 0. The van der Waals surface area contributed by atoms with Gasteiger partial charge in [0.2, 0.25) is 0 Å². The number of rotatable bonds is 2. The third kappa shape index (κ3) is 1.57. The minimum atomic E-state index is 0.804. The van der Waals surface area contributed by atoms with Gasteiger partial charge < -0.3 is 9.80 Å². The standard InChI is InChI=1S/C9H21N2/c1-4-11(5-2)7-6-10-8-9(11)3/h9-10H,4-8H2,1-3H3/q+1. The zero-order valence-electron chi connectivity index (χ0n) is 8.06. The van der Waals surface area contributed by atoms with Gasteiger partial charge in [0.15, 0.2) is 0 Å². The maximum absolute atomic E-state index is 3.44. The quantitative estimate of drug-likeness (QED) is 0.586. The molecule has 1 fully saturated rings. The third-order valence-corrected chi connectivity index (χ3v) is 3.37. The van der Waals surface area contributed by atoms with Gasteiger partial charge in [-0.05, 0) is 20.8 Å². The number of piperazine rings is 1. The van der Waals surface area contributed by atoms with E-state index in [2.05, 4.69) is 26.1 Å². The van der Waals surface area contributed by atoms with Crippen LogP contribution in [-0.4, -0.2) is 43.2 Å². The predicted molar refractivity (Wildman–Crippen MR) is 48.5 cm³/mol. The zero-order chi connectivity index (χ0) is 8.32. The lowest BCUT2D eigenvalue weighted by atomic mass is 10.1. The molecular formula is C9H21N2+. The molecule has 0 aromatic carbocycles. The zero-order valence-corrected chi connectivity index (χ0v) is 8.06. The Morgan fingerprint density at radius 1 is 1.36 bits per heavy atom. The molecule has 2 heteroatoms. The van der Waals surface area contributed by atoms with Crippen LogP contribution < -0.4 is 5.32 Å². The van der Waals surface area contributed by atoms with Crippen LogP contribution in [0.25, 0.3) is 0 Å². The molecule has 1 saturated heterocycles. The van der Waals surface area contributed by atoms with Crippen molar-refractivity contribution in [3.63, 3.8) is 0 Å². The Hall–Kier alpha value is -0.0800. The highest BCUT2D eigenvalue weighted by Crippen LogP contribution is 2.14. The molecule has 0 bridgehead atoms. The average Bonchev–Trinajstić information content (AvgIpc) is 2.06. The van der Waals surface area contributed by atoms with Crippen LogP contribution in [-0.2, 0) is 0 Å². The van der Waals surface area contributed by atoms with E-state index >= 15 is 0 Å².